The Balaban J connectivity index is 1.31. The van der Waals surface area contributed by atoms with Gasteiger partial charge in [0.2, 0.25) is 5.91 Å². The molecule has 0 unspecified atom stereocenters. The first-order chi connectivity index (χ1) is 18.1. The van der Waals surface area contributed by atoms with Crippen LogP contribution in [-0.4, -0.2) is 71.6 Å². The van der Waals surface area contributed by atoms with Crippen LogP contribution in [0.5, 0.6) is 5.75 Å². The van der Waals surface area contributed by atoms with Crippen LogP contribution in [0.4, 0.5) is 11.5 Å². The number of nitrogens with one attached hydrogen (secondary N) is 2. The fraction of sp³-hybridized carbons (Fsp3) is 0.414. The van der Waals surface area contributed by atoms with Crippen molar-refractivity contribution in [2.24, 2.45) is 0 Å². The molecule has 2 aromatic carbocycles. The fourth-order valence-corrected chi connectivity index (χ4v) is 5.10. The third-order valence-electron chi connectivity index (χ3n) is 7.19. The fourth-order valence-electron chi connectivity index (χ4n) is 5.10. The maximum Gasteiger partial charge on any atom is 0.221 e. The van der Waals surface area contributed by atoms with Gasteiger partial charge in [-0.05, 0) is 68.4 Å². The Morgan fingerprint density at radius 2 is 1.78 bits per heavy atom. The van der Waals surface area contributed by atoms with E-state index in [0.717, 1.165) is 68.4 Å². The van der Waals surface area contributed by atoms with Crippen LogP contribution < -0.4 is 15.4 Å². The van der Waals surface area contributed by atoms with Gasteiger partial charge in [0.25, 0.3) is 0 Å². The number of hydrogen-bond acceptors (Lipinski definition) is 7. The minimum atomic E-state index is 0.0806. The van der Waals surface area contributed by atoms with Crippen LogP contribution in [-0.2, 0) is 17.8 Å². The number of benzene rings is 2. The van der Waals surface area contributed by atoms with Gasteiger partial charge in [-0.1, -0.05) is 24.3 Å². The highest BCUT2D eigenvalue weighted by molar-refractivity contribution is 5.76. The lowest BCUT2D eigenvalue weighted by Crippen LogP contribution is -2.44. The summed E-state index contributed by atoms with van der Waals surface area (Å²) in [4.78, 5) is 26.1. The summed E-state index contributed by atoms with van der Waals surface area (Å²) in [5.74, 6) is 1.60. The lowest BCUT2D eigenvalue weighted by atomic mass is 10.0. The minimum absolute atomic E-state index is 0.0806. The van der Waals surface area contributed by atoms with Crippen molar-refractivity contribution in [2.45, 2.75) is 38.3 Å². The third kappa shape index (κ3) is 7.27. The molecule has 5 aliphatic rings. The maximum atomic E-state index is 12.3. The van der Waals surface area contributed by atoms with Gasteiger partial charge in [-0.15, -0.1) is 0 Å². The van der Waals surface area contributed by atoms with Gasteiger partial charge in [-0.3, -0.25) is 9.69 Å². The van der Waals surface area contributed by atoms with Crippen LogP contribution in [0.15, 0.2) is 60.9 Å². The second-order valence-corrected chi connectivity index (χ2v) is 9.98. The molecule has 1 saturated heterocycles. The van der Waals surface area contributed by atoms with Gasteiger partial charge in [0.05, 0.1) is 12.2 Å². The van der Waals surface area contributed by atoms with Crippen LogP contribution in [0, 0.1) is 0 Å². The van der Waals surface area contributed by atoms with E-state index in [2.05, 4.69) is 61.7 Å². The lowest BCUT2D eigenvalue weighted by Gasteiger charge is -2.36. The Hall–Kier alpha value is -3.49. The molecule has 8 rings (SSSR count). The van der Waals surface area contributed by atoms with E-state index in [9.17, 15) is 4.79 Å². The van der Waals surface area contributed by atoms with Crippen molar-refractivity contribution in [3.63, 3.8) is 0 Å². The lowest BCUT2D eigenvalue weighted by molar-refractivity contribution is -0.121. The number of carbonyl (C=O) groups excluding carboxylic acids is 1. The van der Waals surface area contributed by atoms with Crippen molar-refractivity contribution < 1.29 is 9.53 Å². The van der Waals surface area contributed by atoms with Gasteiger partial charge in [-0.2, -0.15) is 0 Å². The number of carbonyl (C=O) groups is 1. The largest absolute Gasteiger partial charge is 0.492 e. The zero-order chi connectivity index (χ0) is 25.5. The molecule has 8 nitrogen and oxygen atoms in total. The standard InChI is InChI=1S/C29H36N6O2/c1-34-20-23-4-2-3-22(17-23)18-25-19-28(32-21-31-25)33-24-5-7-27(8-6-24)37-16-12-30-29(36)11-15-35-13-9-26(34)10-14-35/h2-8,17,19,21,26H,9-16,18,20H2,1H3,(H,30,36)(H,31,32,33). The molecule has 0 saturated carbocycles. The number of hydrogen-bond donors (Lipinski definition) is 2. The predicted octanol–water partition coefficient (Wildman–Crippen LogP) is 3.61. The first kappa shape index (κ1) is 25.2. The molecular weight excluding hydrogens is 464 g/mol. The summed E-state index contributed by atoms with van der Waals surface area (Å²) >= 11 is 0. The summed E-state index contributed by atoms with van der Waals surface area (Å²) < 4.78 is 5.80. The van der Waals surface area contributed by atoms with Crippen molar-refractivity contribution in [1.82, 2.24) is 25.1 Å². The van der Waals surface area contributed by atoms with Gasteiger partial charge in [0.1, 0.15) is 24.5 Å². The molecule has 6 heterocycles. The molecule has 8 heteroatoms. The molecule has 0 atom stereocenters. The first-order valence-electron chi connectivity index (χ1n) is 13.2. The molecular formula is C29H36N6O2. The Morgan fingerprint density at radius 1 is 0.973 bits per heavy atom. The monoisotopic (exact) mass is 500 g/mol. The Labute approximate surface area is 219 Å². The smallest absolute Gasteiger partial charge is 0.221 e. The Morgan fingerprint density at radius 3 is 2.62 bits per heavy atom. The molecule has 194 valence electrons. The van der Waals surface area contributed by atoms with E-state index in [-0.39, 0.29) is 5.91 Å². The zero-order valence-electron chi connectivity index (χ0n) is 21.5. The normalized spacial score (nSPS) is 21.7. The average molecular weight is 501 g/mol. The maximum absolute atomic E-state index is 12.3. The quantitative estimate of drug-likeness (QED) is 0.488. The third-order valence-corrected chi connectivity index (χ3v) is 7.19. The number of nitrogens with zero attached hydrogens (tertiary/aromatic N) is 4. The summed E-state index contributed by atoms with van der Waals surface area (Å²) in [6, 6.07) is 19.1. The van der Waals surface area contributed by atoms with E-state index >= 15 is 0 Å². The highest BCUT2D eigenvalue weighted by Gasteiger charge is 2.23. The summed E-state index contributed by atoms with van der Waals surface area (Å²) in [5, 5.41) is 6.33. The molecule has 5 aliphatic heterocycles. The van der Waals surface area contributed by atoms with Crippen molar-refractivity contribution in [3.8, 4) is 5.75 Å². The van der Waals surface area contributed by atoms with Gasteiger partial charge in [-0.25, -0.2) is 9.97 Å². The van der Waals surface area contributed by atoms with Crippen LogP contribution in [0.3, 0.4) is 0 Å². The molecule has 8 bridgehead atoms. The molecule has 1 aromatic heterocycles. The van der Waals surface area contributed by atoms with E-state index in [4.69, 9.17) is 4.74 Å². The molecule has 1 fully saturated rings. The van der Waals surface area contributed by atoms with E-state index in [0.29, 0.717) is 25.6 Å². The molecule has 0 spiro atoms. The van der Waals surface area contributed by atoms with Crippen molar-refractivity contribution >= 4 is 17.4 Å². The number of amides is 1. The van der Waals surface area contributed by atoms with Gasteiger partial charge in [0.15, 0.2) is 0 Å². The summed E-state index contributed by atoms with van der Waals surface area (Å²) in [7, 11) is 2.23. The van der Waals surface area contributed by atoms with E-state index < -0.39 is 0 Å². The predicted molar refractivity (Wildman–Crippen MR) is 145 cm³/mol. The molecule has 37 heavy (non-hydrogen) atoms. The zero-order valence-corrected chi connectivity index (χ0v) is 21.5. The summed E-state index contributed by atoms with van der Waals surface area (Å²) in [5.41, 5.74) is 4.46. The number of anilines is 2. The van der Waals surface area contributed by atoms with Crippen LogP contribution in [0.1, 0.15) is 36.1 Å². The summed E-state index contributed by atoms with van der Waals surface area (Å²) in [6.07, 6.45) is 5.14. The van der Waals surface area contributed by atoms with E-state index in [1.165, 1.54) is 11.1 Å². The van der Waals surface area contributed by atoms with Gasteiger partial charge < -0.3 is 20.3 Å². The minimum Gasteiger partial charge on any atom is -0.492 e. The number of piperidine rings is 1. The molecule has 0 radical (unpaired) electrons. The van der Waals surface area contributed by atoms with Crippen molar-refractivity contribution in [2.75, 3.05) is 45.2 Å². The average Bonchev–Trinajstić information content (AvgIpc) is 2.91. The van der Waals surface area contributed by atoms with Crippen molar-refractivity contribution in [1.29, 1.82) is 0 Å². The topological polar surface area (TPSA) is 82.6 Å². The number of rotatable bonds is 0. The van der Waals surface area contributed by atoms with E-state index in [1.54, 1.807) is 6.33 Å². The first-order valence-corrected chi connectivity index (χ1v) is 13.2. The Kier molecular flexibility index (Phi) is 8.28. The molecule has 0 aliphatic carbocycles. The highest BCUT2D eigenvalue weighted by atomic mass is 16.5. The van der Waals surface area contributed by atoms with Crippen LogP contribution >= 0.6 is 0 Å². The SMILES string of the molecule is CN1Cc2cccc(c2)Cc2cc(ncn2)Nc2ccc(cc2)OCCNC(=O)CCN2CCC1CC2. The molecule has 2 N–H and O–H groups in total. The summed E-state index contributed by atoms with van der Waals surface area (Å²) in [6.45, 7) is 4.73. The number of aromatic nitrogens is 2. The number of ether oxygens (including phenoxy) is 1. The van der Waals surface area contributed by atoms with Gasteiger partial charge in [0, 0.05) is 43.7 Å². The molecule has 3 aromatic rings. The molecule has 1 amide bonds. The highest BCUT2D eigenvalue weighted by Crippen LogP contribution is 2.21. The second-order valence-electron chi connectivity index (χ2n) is 9.98. The second kappa shape index (κ2) is 12.2. The van der Waals surface area contributed by atoms with Crippen LogP contribution in [0.25, 0.3) is 0 Å². The van der Waals surface area contributed by atoms with Crippen LogP contribution in [0.2, 0.25) is 0 Å². The van der Waals surface area contributed by atoms with Crippen molar-refractivity contribution in [3.05, 3.63) is 77.7 Å². The van der Waals surface area contributed by atoms with E-state index in [1.807, 2.05) is 30.3 Å². The Bertz CT molecular complexity index is 1180. The van der Waals surface area contributed by atoms with Gasteiger partial charge >= 0.3 is 0 Å².